The van der Waals surface area contributed by atoms with Gasteiger partial charge in [-0.05, 0) is 41.5 Å². The first-order valence-electron chi connectivity index (χ1n) is 6.47. The lowest BCUT2D eigenvalue weighted by molar-refractivity contribution is 0.868. The van der Waals surface area contributed by atoms with Crippen molar-refractivity contribution in [3.8, 4) is 11.4 Å². The molecule has 2 aromatic rings. The van der Waals surface area contributed by atoms with Crippen LogP contribution in [0.1, 0.15) is 24.6 Å². The van der Waals surface area contributed by atoms with E-state index in [0.29, 0.717) is 0 Å². The Morgan fingerprint density at radius 3 is 2.58 bits per heavy atom. The predicted molar refractivity (Wildman–Crippen MR) is 88.5 cm³/mol. The van der Waals surface area contributed by atoms with Crippen molar-refractivity contribution in [3.63, 3.8) is 0 Å². The van der Waals surface area contributed by atoms with Crippen LogP contribution in [-0.2, 0) is 6.42 Å². The first kappa shape index (κ1) is 14.2. The van der Waals surface area contributed by atoms with Crippen LogP contribution in [0.15, 0.2) is 24.3 Å². The van der Waals surface area contributed by atoms with E-state index in [0.717, 1.165) is 39.3 Å². The van der Waals surface area contributed by atoms with Crippen molar-refractivity contribution in [1.82, 2.24) is 9.97 Å². The fourth-order valence-electron chi connectivity index (χ4n) is 2.01. The Labute approximate surface area is 128 Å². The summed E-state index contributed by atoms with van der Waals surface area (Å²) in [5.41, 5.74) is 3.43. The Bertz CT molecular complexity index is 582. The standard InChI is InChI=1S/C15H18IN3/c1-4-7-12-13(16)15(17-3)19-14(18-12)11-9-6-5-8-10(11)2/h5-6,8-9H,4,7H2,1-3H3,(H,17,18,19). The van der Waals surface area contributed by atoms with E-state index >= 15 is 0 Å². The Hall–Kier alpha value is -1.17. The molecule has 0 aliphatic rings. The van der Waals surface area contributed by atoms with Gasteiger partial charge < -0.3 is 5.32 Å². The van der Waals surface area contributed by atoms with Gasteiger partial charge in [-0.1, -0.05) is 37.6 Å². The number of hydrogen-bond donors (Lipinski definition) is 1. The fraction of sp³-hybridized carbons (Fsp3) is 0.333. The maximum Gasteiger partial charge on any atom is 0.162 e. The monoisotopic (exact) mass is 367 g/mol. The van der Waals surface area contributed by atoms with Crippen LogP contribution in [-0.4, -0.2) is 17.0 Å². The van der Waals surface area contributed by atoms with Crippen molar-refractivity contribution < 1.29 is 0 Å². The molecule has 1 aromatic heterocycles. The number of aryl methyl sites for hydroxylation is 2. The number of hydrogen-bond acceptors (Lipinski definition) is 3. The van der Waals surface area contributed by atoms with E-state index in [4.69, 9.17) is 4.98 Å². The van der Waals surface area contributed by atoms with Gasteiger partial charge in [0, 0.05) is 12.6 Å². The summed E-state index contributed by atoms with van der Waals surface area (Å²) in [6.45, 7) is 4.26. The molecule has 0 saturated carbocycles. The predicted octanol–water partition coefficient (Wildman–Crippen LogP) is 4.05. The van der Waals surface area contributed by atoms with Gasteiger partial charge in [0.25, 0.3) is 0 Å². The smallest absolute Gasteiger partial charge is 0.162 e. The Morgan fingerprint density at radius 1 is 1.21 bits per heavy atom. The van der Waals surface area contributed by atoms with Gasteiger partial charge in [-0.3, -0.25) is 0 Å². The molecule has 19 heavy (non-hydrogen) atoms. The lowest BCUT2D eigenvalue weighted by Crippen LogP contribution is -2.05. The second-order valence-electron chi connectivity index (χ2n) is 4.47. The molecule has 1 heterocycles. The van der Waals surface area contributed by atoms with Gasteiger partial charge >= 0.3 is 0 Å². The van der Waals surface area contributed by atoms with E-state index in [-0.39, 0.29) is 0 Å². The molecular formula is C15H18IN3. The average Bonchev–Trinajstić information content (AvgIpc) is 2.42. The van der Waals surface area contributed by atoms with Crippen LogP contribution in [0.25, 0.3) is 11.4 Å². The van der Waals surface area contributed by atoms with Gasteiger partial charge in [-0.15, -0.1) is 0 Å². The summed E-state index contributed by atoms with van der Waals surface area (Å²) in [5, 5.41) is 3.17. The van der Waals surface area contributed by atoms with Crippen LogP contribution < -0.4 is 5.32 Å². The summed E-state index contributed by atoms with van der Waals surface area (Å²) in [7, 11) is 1.90. The topological polar surface area (TPSA) is 37.8 Å². The second-order valence-corrected chi connectivity index (χ2v) is 5.55. The molecule has 0 unspecified atom stereocenters. The van der Waals surface area contributed by atoms with E-state index in [1.807, 2.05) is 19.2 Å². The van der Waals surface area contributed by atoms with Crippen LogP contribution in [0.5, 0.6) is 0 Å². The van der Waals surface area contributed by atoms with Crippen molar-refractivity contribution >= 4 is 28.4 Å². The highest BCUT2D eigenvalue weighted by Crippen LogP contribution is 2.26. The highest BCUT2D eigenvalue weighted by Gasteiger charge is 2.13. The number of benzene rings is 1. The third-order valence-corrected chi connectivity index (χ3v) is 4.16. The number of nitrogens with one attached hydrogen (secondary N) is 1. The molecule has 0 radical (unpaired) electrons. The molecule has 0 bridgehead atoms. The largest absolute Gasteiger partial charge is 0.372 e. The zero-order valence-corrected chi connectivity index (χ0v) is 13.7. The van der Waals surface area contributed by atoms with Crippen molar-refractivity contribution in [2.75, 3.05) is 12.4 Å². The molecule has 4 heteroatoms. The van der Waals surface area contributed by atoms with Gasteiger partial charge in [-0.2, -0.15) is 0 Å². The summed E-state index contributed by atoms with van der Waals surface area (Å²) in [5.74, 6) is 1.73. The maximum absolute atomic E-state index is 4.74. The summed E-state index contributed by atoms with van der Waals surface area (Å²) >= 11 is 2.32. The number of rotatable bonds is 4. The molecular weight excluding hydrogens is 349 g/mol. The van der Waals surface area contributed by atoms with Crippen LogP contribution >= 0.6 is 22.6 Å². The minimum atomic E-state index is 0.811. The van der Waals surface area contributed by atoms with Gasteiger partial charge in [0.15, 0.2) is 5.82 Å². The number of halogens is 1. The molecule has 3 nitrogen and oxygen atoms in total. The van der Waals surface area contributed by atoms with E-state index in [9.17, 15) is 0 Å². The summed E-state index contributed by atoms with van der Waals surface area (Å²) in [4.78, 5) is 9.38. The average molecular weight is 367 g/mol. The number of nitrogens with zero attached hydrogens (tertiary/aromatic N) is 2. The molecule has 1 aromatic carbocycles. The zero-order chi connectivity index (χ0) is 13.8. The van der Waals surface area contributed by atoms with Gasteiger partial charge in [-0.25, -0.2) is 9.97 Å². The summed E-state index contributed by atoms with van der Waals surface area (Å²) < 4.78 is 1.12. The van der Waals surface area contributed by atoms with Crippen molar-refractivity contribution in [1.29, 1.82) is 0 Å². The van der Waals surface area contributed by atoms with Crippen molar-refractivity contribution in [3.05, 3.63) is 39.1 Å². The SMILES string of the molecule is CCCc1nc(-c2ccccc2C)nc(NC)c1I. The Morgan fingerprint density at radius 2 is 1.95 bits per heavy atom. The van der Waals surface area contributed by atoms with Crippen LogP contribution in [0.4, 0.5) is 5.82 Å². The quantitative estimate of drug-likeness (QED) is 0.829. The zero-order valence-electron chi connectivity index (χ0n) is 11.5. The molecule has 0 amide bonds. The van der Waals surface area contributed by atoms with Crippen molar-refractivity contribution in [2.24, 2.45) is 0 Å². The molecule has 100 valence electrons. The molecule has 0 fully saturated rings. The molecule has 0 aliphatic carbocycles. The van der Waals surface area contributed by atoms with Crippen LogP contribution in [0.2, 0.25) is 0 Å². The molecule has 0 spiro atoms. The van der Waals surface area contributed by atoms with Crippen LogP contribution in [0, 0.1) is 10.5 Å². The van der Waals surface area contributed by atoms with Crippen molar-refractivity contribution in [2.45, 2.75) is 26.7 Å². The van der Waals surface area contributed by atoms with E-state index in [2.05, 4.69) is 58.9 Å². The Balaban J connectivity index is 2.58. The first-order chi connectivity index (χ1) is 9.17. The van der Waals surface area contributed by atoms with E-state index in [1.54, 1.807) is 0 Å². The molecule has 2 rings (SSSR count). The number of anilines is 1. The molecule has 1 N–H and O–H groups in total. The maximum atomic E-state index is 4.74. The lowest BCUT2D eigenvalue weighted by Gasteiger charge is -2.12. The molecule has 0 aliphatic heterocycles. The van der Waals surface area contributed by atoms with Gasteiger partial charge in [0.1, 0.15) is 5.82 Å². The minimum absolute atomic E-state index is 0.811. The van der Waals surface area contributed by atoms with Gasteiger partial charge in [0.05, 0.1) is 9.26 Å². The highest BCUT2D eigenvalue weighted by molar-refractivity contribution is 14.1. The second kappa shape index (κ2) is 6.32. The fourth-order valence-corrected chi connectivity index (χ4v) is 2.79. The molecule has 0 saturated heterocycles. The first-order valence-corrected chi connectivity index (χ1v) is 7.55. The highest BCUT2D eigenvalue weighted by atomic mass is 127. The molecule has 0 atom stereocenters. The number of aromatic nitrogens is 2. The summed E-state index contributed by atoms with van der Waals surface area (Å²) in [6.07, 6.45) is 2.07. The van der Waals surface area contributed by atoms with E-state index in [1.165, 1.54) is 5.56 Å². The third kappa shape index (κ3) is 3.05. The minimum Gasteiger partial charge on any atom is -0.372 e. The van der Waals surface area contributed by atoms with Crippen LogP contribution in [0.3, 0.4) is 0 Å². The third-order valence-electron chi connectivity index (χ3n) is 3.03. The lowest BCUT2D eigenvalue weighted by atomic mass is 10.1. The Kier molecular flexibility index (Phi) is 4.74. The summed E-state index contributed by atoms with van der Waals surface area (Å²) in [6, 6.07) is 8.24. The van der Waals surface area contributed by atoms with Gasteiger partial charge in [0.2, 0.25) is 0 Å². The van der Waals surface area contributed by atoms with E-state index < -0.39 is 0 Å². The normalized spacial score (nSPS) is 10.5.